The molecule has 0 aromatic heterocycles. The lowest BCUT2D eigenvalue weighted by Gasteiger charge is -2.19. The maximum absolute atomic E-state index is 5.61. The highest BCUT2D eigenvalue weighted by molar-refractivity contribution is 6.71. The first-order valence-electron chi connectivity index (χ1n) is 11.3. The first-order chi connectivity index (χ1) is 12.1. The summed E-state index contributed by atoms with van der Waals surface area (Å²) in [6, 6.07) is 1.33. The zero-order chi connectivity index (χ0) is 18.6. The molecule has 0 bridgehead atoms. The third-order valence-electron chi connectivity index (χ3n) is 5.49. The number of hydrogen-bond acceptors (Lipinski definition) is 1. The molecule has 0 saturated carbocycles. The Kier molecular flexibility index (Phi) is 18.6. The summed E-state index contributed by atoms with van der Waals surface area (Å²) < 4.78 is 5.61. The van der Waals surface area contributed by atoms with Gasteiger partial charge in [-0.3, -0.25) is 0 Å². The van der Waals surface area contributed by atoms with Gasteiger partial charge in [0.15, 0.2) is 8.32 Å². The molecule has 0 aliphatic heterocycles. The largest absolute Gasteiger partial charge is 0.420 e. The van der Waals surface area contributed by atoms with Crippen molar-refractivity contribution in [1.82, 2.24) is 0 Å². The monoisotopic (exact) mass is 368 g/mol. The summed E-state index contributed by atoms with van der Waals surface area (Å²) in [4.78, 5) is 0. The lowest BCUT2D eigenvalue weighted by atomic mass is 10.0. The van der Waals surface area contributed by atoms with Crippen LogP contribution in [-0.4, -0.2) is 15.4 Å². The number of hydrogen-bond donors (Lipinski definition) is 0. The van der Waals surface area contributed by atoms with Crippen LogP contribution in [0.2, 0.25) is 19.1 Å². The molecular weight excluding hydrogens is 320 g/mol. The molecule has 0 aliphatic carbocycles. The van der Waals surface area contributed by atoms with Crippen LogP contribution in [0.4, 0.5) is 0 Å². The number of allylic oxidation sites excluding steroid dienone is 1. The first-order valence-corrected chi connectivity index (χ1v) is 14.4. The van der Waals surface area contributed by atoms with E-state index in [0.29, 0.717) is 0 Å². The van der Waals surface area contributed by atoms with Gasteiger partial charge >= 0.3 is 0 Å². The van der Waals surface area contributed by atoms with Crippen molar-refractivity contribution >= 4 is 8.32 Å². The summed E-state index contributed by atoms with van der Waals surface area (Å²) in [7, 11) is 0.595. The third kappa shape index (κ3) is 20.1. The summed E-state index contributed by atoms with van der Waals surface area (Å²) in [6.07, 6.45) is 26.2. The maximum atomic E-state index is 5.61. The quantitative estimate of drug-likeness (QED) is 0.119. The Labute approximate surface area is 161 Å². The molecule has 1 nitrogen and oxygen atoms in total. The van der Waals surface area contributed by atoms with E-state index in [1.165, 1.54) is 115 Å². The van der Waals surface area contributed by atoms with Crippen molar-refractivity contribution in [3.05, 3.63) is 12.7 Å². The standard InChI is InChI=1S/C23H48OSi/c1-5-6-7-8-9-10-11-12-13-14-15-16-17-18-19-20-21-22-23-25(3,4)24-2/h5H,1,6-23H2,2-4H3. The molecule has 2 heteroatoms. The van der Waals surface area contributed by atoms with Gasteiger partial charge in [-0.25, -0.2) is 0 Å². The highest BCUT2D eigenvalue weighted by Gasteiger charge is 2.18. The average Bonchev–Trinajstić information content (AvgIpc) is 2.60. The van der Waals surface area contributed by atoms with E-state index in [-0.39, 0.29) is 0 Å². The fourth-order valence-corrected chi connectivity index (χ4v) is 4.72. The topological polar surface area (TPSA) is 9.23 Å². The Bertz CT molecular complexity index is 275. The molecule has 150 valence electrons. The van der Waals surface area contributed by atoms with Gasteiger partial charge in [-0.2, -0.15) is 0 Å². The molecule has 0 fully saturated rings. The Morgan fingerprint density at radius 3 is 1.24 bits per heavy atom. The molecule has 0 unspecified atom stereocenters. The molecule has 0 aliphatic rings. The van der Waals surface area contributed by atoms with E-state index in [1.807, 2.05) is 13.2 Å². The van der Waals surface area contributed by atoms with E-state index in [0.717, 1.165) is 0 Å². The van der Waals surface area contributed by atoms with Crippen LogP contribution in [0.1, 0.15) is 109 Å². The van der Waals surface area contributed by atoms with Crippen LogP contribution in [0.3, 0.4) is 0 Å². The van der Waals surface area contributed by atoms with Crippen molar-refractivity contribution in [2.45, 2.75) is 128 Å². The van der Waals surface area contributed by atoms with Crippen molar-refractivity contribution in [2.24, 2.45) is 0 Å². The van der Waals surface area contributed by atoms with Crippen molar-refractivity contribution in [1.29, 1.82) is 0 Å². The van der Waals surface area contributed by atoms with Crippen molar-refractivity contribution in [2.75, 3.05) is 7.11 Å². The number of unbranched alkanes of at least 4 members (excludes halogenated alkanes) is 16. The summed E-state index contributed by atoms with van der Waals surface area (Å²) in [6.45, 7) is 8.44. The van der Waals surface area contributed by atoms with Gasteiger partial charge in [0.1, 0.15) is 0 Å². The lowest BCUT2D eigenvalue weighted by Crippen LogP contribution is -2.27. The minimum absolute atomic E-state index is 1.20. The molecule has 0 spiro atoms. The normalized spacial score (nSPS) is 11.8. The molecule has 0 aromatic carbocycles. The van der Waals surface area contributed by atoms with Gasteiger partial charge in [-0.15, -0.1) is 6.58 Å². The smallest absolute Gasteiger partial charge is 0.186 e. The lowest BCUT2D eigenvalue weighted by molar-refractivity contribution is 0.400. The zero-order valence-corrected chi connectivity index (χ0v) is 18.9. The Hall–Kier alpha value is -0.0831. The van der Waals surface area contributed by atoms with Crippen LogP contribution >= 0.6 is 0 Å². The summed E-state index contributed by atoms with van der Waals surface area (Å²) in [5.41, 5.74) is 0. The van der Waals surface area contributed by atoms with E-state index in [4.69, 9.17) is 4.43 Å². The minimum atomic E-state index is -1.29. The van der Waals surface area contributed by atoms with E-state index in [9.17, 15) is 0 Å². The van der Waals surface area contributed by atoms with Gasteiger partial charge in [0.05, 0.1) is 0 Å². The first kappa shape index (κ1) is 24.9. The fraction of sp³-hybridized carbons (Fsp3) is 0.913. The maximum Gasteiger partial charge on any atom is 0.186 e. The van der Waals surface area contributed by atoms with Crippen molar-refractivity contribution < 1.29 is 4.43 Å². The van der Waals surface area contributed by atoms with Crippen LogP contribution < -0.4 is 0 Å². The molecule has 0 saturated heterocycles. The molecule has 0 radical (unpaired) electrons. The van der Waals surface area contributed by atoms with E-state index in [2.05, 4.69) is 19.7 Å². The van der Waals surface area contributed by atoms with Gasteiger partial charge < -0.3 is 4.43 Å². The highest BCUT2D eigenvalue weighted by atomic mass is 28.4. The Morgan fingerprint density at radius 1 is 0.600 bits per heavy atom. The Morgan fingerprint density at radius 2 is 0.920 bits per heavy atom. The molecule has 0 aromatic rings. The van der Waals surface area contributed by atoms with Crippen molar-refractivity contribution in [3.63, 3.8) is 0 Å². The fourth-order valence-electron chi connectivity index (χ4n) is 3.42. The van der Waals surface area contributed by atoms with E-state index < -0.39 is 8.32 Å². The number of rotatable bonds is 20. The minimum Gasteiger partial charge on any atom is -0.420 e. The van der Waals surface area contributed by atoms with Gasteiger partial charge in [-0.05, 0) is 32.0 Å². The molecular formula is C23H48OSi. The summed E-state index contributed by atoms with van der Waals surface area (Å²) in [5, 5.41) is 0. The van der Waals surface area contributed by atoms with Crippen LogP contribution in [0.15, 0.2) is 12.7 Å². The predicted molar refractivity (Wildman–Crippen MR) is 118 cm³/mol. The SMILES string of the molecule is C=CCCCCCCCCCCCCCCCCCC[Si](C)(C)OC. The average molecular weight is 369 g/mol. The van der Waals surface area contributed by atoms with E-state index >= 15 is 0 Å². The molecule has 25 heavy (non-hydrogen) atoms. The molecule has 0 heterocycles. The second kappa shape index (κ2) is 18.7. The van der Waals surface area contributed by atoms with Crippen molar-refractivity contribution in [3.8, 4) is 0 Å². The zero-order valence-electron chi connectivity index (χ0n) is 17.9. The second-order valence-electron chi connectivity index (χ2n) is 8.45. The molecule has 0 N–H and O–H groups in total. The summed E-state index contributed by atoms with van der Waals surface area (Å²) >= 11 is 0. The summed E-state index contributed by atoms with van der Waals surface area (Å²) in [5.74, 6) is 0. The van der Waals surface area contributed by atoms with Gasteiger partial charge in [-0.1, -0.05) is 102 Å². The molecule has 0 rings (SSSR count). The van der Waals surface area contributed by atoms with Crippen LogP contribution in [0.5, 0.6) is 0 Å². The van der Waals surface area contributed by atoms with Gasteiger partial charge in [0.2, 0.25) is 0 Å². The Balaban J connectivity index is 3.06. The second-order valence-corrected chi connectivity index (χ2v) is 12.9. The van der Waals surface area contributed by atoms with E-state index in [1.54, 1.807) is 0 Å². The predicted octanol–water partition coefficient (Wildman–Crippen LogP) is 8.66. The van der Waals surface area contributed by atoms with Gasteiger partial charge in [0.25, 0.3) is 0 Å². The third-order valence-corrected chi connectivity index (χ3v) is 8.15. The molecule has 0 amide bonds. The molecule has 0 atom stereocenters. The van der Waals surface area contributed by atoms with Crippen LogP contribution in [0.25, 0.3) is 0 Å². The van der Waals surface area contributed by atoms with Crippen LogP contribution in [-0.2, 0) is 4.43 Å². The van der Waals surface area contributed by atoms with Gasteiger partial charge in [0, 0.05) is 7.11 Å². The van der Waals surface area contributed by atoms with Crippen LogP contribution in [0, 0.1) is 0 Å². The highest BCUT2D eigenvalue weighted by Crippen LogP contribution is 2.17.